The number of nitrogens with one attached hydrogen (secondary N) is 2. The fourth-order valence-corrected chi connectivity index (χ4v) is 5.73. The molecule has 0 bridgehead atoms. The van der Waals surface area contributed by atoms with Crippen LogP contribution in [-0.4, -0.2) is 63.9 Å². The van der Waals surface area contributed by atoms with Gasteiger partial charge >= 0.3 is 0 Å². The van der Waals surface area contributed by atoms with Gasteiger partial charge < -0.3 is 19.8 Å². The summed E-state index contributed by atoms with van der Waals surface area (Å²) < 4.78 is 5.08. The van der Waals surface area contributed by atoms with Gasteiger partial charge in [0, 0.05) is 61.3 Å². The Morgan fingerprint density at radius 3 is 2.91 bits per heavy atom. The van der Waals surface area contributed by atoms with Crippen LogP contribution >= 0.6 is 23.5 Å². The SMILES string of the molecule is CSNc1ccc(Cl)cc1C(=O)N1CCCC[C@H]1c1cc2nc(N3CCNC(C)C3)c(C)cn2n1. The summed E-state index contributed by atoms with van der Waals surface area (Å²) in [6.07, 6.45) is 6.91. The summed E-state index contributed by atoms with van der Waals surface area (Å²) in [7, 11) is 0. The van der Waals surface area contributed by atoms with Crippen LogP contribution in [0.25, 0.3) is 5.65 Å². The van der Waals surface area contributed by atoms with Gasteiger partial charge in [-0.2, -0.15) is 5.10 Å². The Bertz CT molecular complexity index is 1230. The molecule has 0 spiro atoms. The summed E-state index contributed by atoms with van der Waals surface area (Å²) >= 11 is 7.73. The molecule has 0 aliphatic carbocycles. The van der Waals surface area contributed by atoms with E-state index in [0.29, 0.717) is 23.2 Å². The minimum atomic E-state index is -0.0953. The molecule has 1 unspecified atom stereocenters. The van der Waals surface area contributed by atoms with Gasteiger partial charge in [0.05, 0.1) is 23.0 Å². The number of fused-ring (bicyclic) bond motifs is 1. The lowest BCUT2D eigenvalue weighted by atomic mass is 9.98. The molecule has 2 aliphatic rings. The molecule has 8 nitrogen and oxygen atoms in total. The standard InChI is InChI=1S/C25H32ClN7OS/c1-16-14-33-23(28-24(16)31-11-9-27-17(2)15-31)13-21(29-33)22-6-4-5-10-32(22)25(34)19-12-18(26)7-8-20(19)30-35-3/h7-8,12-14,17,22,27,30H,4-6,9-11,15H2,1-3H3/t17?,22-/m0/s1. The predicted octanol–water partition coefficient (Wildman–Crippen LogP) is 4.55. The molecule has 2 atom stereocenters. The molecule has 5 rings (SSSR count). The van der Waals surface area contributed by atoms with Crippen molar-refractivity contribution < 1.29 is 4.79 Å². The average molecular weight is 514 g/mol. The Kier molecular flexibility index (Phi) is 7.09. The number of piperazine rings is 1. The molecule has 2 aliphatic heterocycles. The Morgan fingerprint density at radius 1 is 1.26 bits per heavy atom. The van der Waals surface area contributed by atoms with E-state index in [2.05, 4.69) is 35.0 Å². The molecule has 4 heterocycles. The van der Waals surface area contributed by atoms with Crippen LogP contribution in [0, 0.1) is 6.92 Å². The highest BCUT2D eigenvalue weighted by Gasteiger charge is 2.32. The summed E-state index contributed by atoms with van der Waals surface area (Å²) in [5.74, 6) is 0.992. The zero-order valence-electron chi connectivity index (χ0n) is 20.4. The van der Waals surface area contributed by atoms with Crippen molar-refractivity contribution >= 4 is 46.6 Å². The van der Waals surface area contributed by atoms with Crippen LogP contribution in [0.4, 0.5) is 11.5 Å². The fraction of sp³-hybridized carbons (Fsp3) is 0.480. The van der Waals surface area contributed by atoms with Gasteiger partial charge in [0.1, 0.15) is 5.82 Å². The van der Waals surface area contributed by atoms with E-state index in [1.165, 1.54) is 11.9 Å². The van der Waals surface area contributed by atoms with Crippen molar-refractivity contribution in [2.75, 3.05) is 42.1 Å². The van der Waals surface area contributed by atoms with Gasteiger partial charge in [-0.3, -0.25) is 4.79 Å². The maximum atomic E-state index is 13.7. The molecule has 2 N–H and O–H groups in total. The molecule has 186 valence electrons. The first-order valence-electron chi connectivity index (χ1n) is 12.2. The first-order valence-corrected chi connectivity index (χ1v) is 13.8. The molecule has 3 aromatic rings. The highest BCUT2D eigenvalue weighted by molar-refractivity contribution is 7.99. The van der Waals surface area contributed by atoms with Crippen molar-refractivity contribution in [1.29, 1.82) is 0 Å². The normalized spacial score (nSPS) is 20.9. The summed E-state index contributed by atoms with van der Waals surface area (Å²) in [6.45, 7) is 7.80. The molecule has 35 heavy (non-hydrogen) atoms. The number of hydrogen-bond donors (Lipinski definition) is 2. The lowest BCUT2D eigenvalue weighted by Crippen LogP contribution is -2.49. The summed E-state index contributed by atoms with van der Waals surface area (Å²) in [4.78, 5) is 23.0. The van der Waals surface area contributed by atoms with Crippen molar-refractivity contribution in [2.24, 2.45) is 0 Å². The van der Waals surface area contributed by atoms with Gasteiger partial charge in [-0.25, -0.2) is 9.50 Å². The Hall–Kier alpha value is -2.49. The van der Waals surface area contributed by atoms with Crippen LogP contribution in [0.5, 0.6) is 0 Å². The molecule has 2 aromatic heterocycles. The van der Waals surface area contributed by atoms with Gasteiger partial charge in [0.15, 0.2) is 5.65 Å². The third kappa shape index (κ3) is 4.94. The van der Waals surface area contributed by atoms with E-state index in [1.807, 2.05) is 27.8 Å². The quantitative estimate of drug-likeness (QED) is 0.485. The second-order valence-electron chi connectivity index (χ2n) is 9.43. The topological polar surface area (TPSA) is 77.8 Å². The van der Waals surface area contributed by atoms with Crippen molar-refractivity contribution in [2.45, 2.75) is 45.2 Å². The van der Waals surface area contributed by atoms with E-state index < -0.39 is 0 Å². The third-order valence-electron chi connectivity index (χ3n) is 6.82. The van der Waals surface area contributed by atoms with Crippen molar-refractivity contribution in [1.82, 2.24) is 24.8 Å². The fourth-order valence-electron chi connectivity index (χ4n) is 5.16. The number of hydrogen-bond acceptors (Lipinski definition) is 7. The largest absolute Gasteiger partial charge is 0.353 e. The first-order chi connectivity index (χ1) is 16.9. The van der Waals surface area contributed by atoms with Crippen molar-refractivity contribution in [3.63, 3.8) is 0 Å². The summed E-state index contributed by atoms with van der Waals surface area (Å²) in [5.41, 5.74) is 4.17. The van der Waals surface area contributed by atoms with E-state index in [1.54, 1.807) is 12.1 Å². The smallest absolute Gasteiger partial charge is 0.256 e. The lowest BCUT2D eigenvalue weighted by molar-refractivity contribution is 0.0607. The number of carbonyl (C=O) groups is 1. The van der Waals surface area contributed by atoms with Crippen molar-refractivity contribution in [3.8, 4) is 0 Å². The lowest BCUT2D eigenvalue weighted by Gasteiger charge is -2.35. The molecule has 0 saturated carbocycles. The van der Waals surface area contributed by atoms with E-state index in [9.17, 15) is 4.79 Å². The number of benzene rings is 1. The minimum absolute atomic E-state index is 0.0227. The van der Waals surface area contributed by atoms with Gasteiger partial charge in [0.25, 0.3) is 5.91 Å². The van der Waals surface area contributed by atoms with Gasteiger partial charge in [-0.1, -0.05) is 23.5 Å². The number of nitrogens with zero attached hydrogens (tertiary/aromatic N) is 5. The zero-order chi connectivity index (χ0) is 24.5. The van der Waals surface area contributed by atoms with Gasteiger partial charge in [-0.05, 0) is 51.3 Å². The monoisotopic (exact) mass is 513 g/mol. The highest BCUT2D eigenvalue weighted by Crippen LogP contribution is 2.34. The Labute approximate surface area is 215 Å². The van der Waals surface area contributed by atoms with E-state index >= 15 is 0 Å². The summed E-state index contributed by atoms with van der Waals surface area (Å²) in [6, 6.07) is 7.80. The number of anilines is 2. The molecule has 1 aromatic carbocycles. The maximum Gasteiger partial charge on any atom is 0.256 e. The number of likely N-dealkylation sites (tertiary alicyclic amines) is 1. The second-order valence-corrected chi connectivity index (χ2v) is 10.5. The Balaban J connectivity index is 1.47. The van der Waals surface area contributed by atoms with E-state index in [4.69, 9.17) is 21.7 Å². The number of aromatic nitrogens is 3. The van der Waals surface area contributed by atoms with Crippen molar-refractivity contribution in [3.05, 3.63) is 52.3 Å². The van der Waals surface area contributed by atoms with Gasteiger partial charge in [-0.15, -0.1) is 0 Å². The number of piperidine rings is 1. The number of halogens is 1. The third-order valence-corrected chi connectivity index (χ3v) is 7.48. The molecule has 1 amide bonds. The number of amides is 1. The van der Waals surface area contributed by atoms with Crippen LogP contribution in [0.1, 0.15) is 53.8 Å². The molecule has 0 radical (unpaired) electrons. The van der Waals surface area contributed by atoms with Crippen LogP contribution in [0.15, 0.2) is 30.5 Å². The molecular formula is C25H32ClN7OS. The average Bonchev–Trinajstić information content (AvgIpc) is 3.27. The highest BCUT2D eigenvalue weighted by atomic mass is 35.5. The minimum Gasteiger partial charge on any atom is -0.353 e. The van der Waals surface area contributed by atoms with Crippen LogP contribution in [-0.2, 0) is 0 Å². The van der Waals surface area contributed by atoms with Crippen LogP contribution in [0.2, 0.25) is 5.02 Å². The zero-order valence-corrected chi connectivity index (χ0v) is 22.0. The number of aryl methyl sites for hydroxylation is 1. The van der Waals surface area contributed by atoms with Crippen LogP contribution < -0.4 is 14.9 Å². The molecule has 2 saturated heterocycles. The maximum absolute atomic E-state index is 13.7. The number of carbonyl (C=O) groups excluding carboxylic acids is 1. The second kappa shape index (κ2) is 10.2. The summed E-state index contributed by atoms with van der Waals surface area (Å²) in [5, 5.41) is 8.93. The number of rotatable bonds is 5. The molecule has 10 heteroatoms. The Morgan fingerprint density at radius 2 is 2.11 bits per heavy atom. The van der Waals surface area contributed by atoms with Crippen LogP contribution in [0.3, 0.4) is 0 Å². The van der Waals surface area contributed by atoms with E-state index in [0.717, 1.165) is 67.3 Å². The predicted molar refractivity (Wildman–Crippen MR) is 144 cm³/mol. The molecule has 2 fully saturated rings. The first kappa shape index (κ1) is 24.2. The van der Waals surface area contributed by atoms with Gasteiger partial charge in [0.2, 0.25) is 0 Å². The molecular weight excluding hydrogens is 482 g/mol. The van der Waals surface area contributed by atoms with E-state index in [-0.39, 0.29) is 11.9 Å².